The van der Waals surface area contributed by atoms with Crippen LogP contribution in [0, 0.1) is 5.92 Å². The van der Waals surface area contributed by atoms with Gasteiger partial charge in [0.25, 0.3) is 0 Å². The molecule has 0 amide bonds. The molecule has 5 nitrogen and oxygen atoms in total. The maximum Gasteiger partial charge on any atom is 0.334 e. The van der Waals surface area contributed by atoms with Crippen molar-refractivity contribution in [2.75, 3.05) is 19.7 Å². The molecule has 0 aliphatic carbocycles. The molecule has 0 aromatic rings. The summed E-state index contributed by atoms with van der Waals surface area (Å²) in [5.41, 5.74) is -0.391. The molecule has 22 heavy (non-hydrogen) atoms. The monoisotopic (exact) mass is 311 g/mol. The third kappa shape index (κ3) is 6.18. The van der Waals surface area contributed by atoms with E-state index in [1.165, 1.54) is 0 Å². The second-order valence-electron chi connectivity index (χ2n) is 6.37. The van der Waals surface area contributed by atoms with E-state index in [0.29, 0.717) is 12.5 Å². The summed E-state index contributed by atoms with van der Waals surface area (Å²) < 4.78 is 10.6. The molecule has 0 bridgehead atoms. The predicted octanol–water partition coefficient (Wildman–Crippen LogP) is 2.60. The van der Waals surface area contributed by atoms with Crippen LogP contribution in [0.2, 0.25) is 0 Å². The van der Waals surface area contributed by atoms with Gasteiger partial charge < -0.3 is 14.8 Å². The molecule has 5 heteroatoms. The van der Waals surface area contributed by atoms with Crippen LogP contribution in [0.15, 0.2) is 12.2 Å². The van der Waals surface area contributed by atoms with Crippen molar-refractivity contribution in [1.82, 2.24) is 5.32 Å². The number of nitrogens with one attached hydrogen (secondary N) is 1. The number of hydrogen-bond acceptors (Lipinski definition) is 5. The molecule has 0 unspecified atom stereocenters. The third-order valence-electron chi connectivity index (χ3n) is 4.09. The molecule has 0 aromatic heterocycles. The Hall–Kier alpha value is -1.36. The van der Waals surface area contributed by atoms with Gasteiger partial charge in [0.1, 0.15) is 5.60 Å². The molecule has 1 aliphatic rings. The molecule has 1 aliphatic heterocycles. The maximum atomic E-state index is 12.1. The molecule has 0 aromatic carbocycles. The first-order chi connectivity index (χ1) is 10.4. The lowest BCUT2D eigenvalue weighted by Crippen LogP contribution is -2.43. The third-order valence-corrected chi connectivity index (χ3v) is 4.09. The molecule has 1 fully saturated rings. The van der Waals surface area contributed by atoms with Crippen LogP contribution in [0.4, 0.5) is 0 Å². The van der Waals surface area contributed by atoms with Crippen molar-refractivity contribution in [3.05, 3.63) is 12.2 Å². The molecule has 1 saturated heterocycles. The fraction of sp³-hybridized carbons (Fsp3) is 0.765. The normalized spacial score (nSPS) is 16.1. The lowest BCUT2D eigenvalue weighted by atomic mass is 9.83. The van der Waals surface area contributed by atoms with Gasteiger partial charge in [-0.15, -0.1) is 0 Å². The van der Waals surface area contributed by atoms with Crippen molar-refractivity contribution in [2.24, 2.45) is 5.92 Å². The molecule has 0 saturated carbocycles. The number of piperidine rings is 1. The number of hydrogen-bond donors (Lipinski definition) is 1. The summed E-state index contributed by atoms with van der Waals surface area (Å²) in [4.78, 5) is 23.7. The Kier molecular flexibility index (Phi) is 7.59. The summed E-state index contributed by atoms with van der Waals surface area (Å²) in [6.45, 7) is 11.8. The molecule has 1 rings (SSSR count). The molecule has 1 heterocycles. The summed E-state index contributed by atoms with van der Waals surface area (Å²) in [6.07, 6.45) is 3.63. The number of unbranched alkanes of at least 4 members (excludes halogenated alkanes) is 1. The van der Waals surface area contributed by atoms with Gasteiger partial charge in [-0.3, -0.25) is 4.79 Å². The van der Waals surface area contributed by atoms with Crippen LogP contribution in [-0.2, 0) is 19.1 Å². The summed E-state index contributed by atoms with van der Waals surface area (Å²) in [5.74, 6) is -0.604. The standard InChI is InChI=1S/C17H29NO4/c1-5-6-11-21-15(19)12-13(2)16(20)22-17(3,4)14-7-9-18-10-8-14/h14,18H,2,5-12H2,1,3-4H3. The van der Waals surface area contributed by atoms with E-state index >= 15 is 0 Å². The lowest BCUT2D eigenvalue weighted by molar-refractivity contribution is -0.159. The van der Waals surface area contributed by atoms with Crippen molar-refractivity contribution in [3.63, 3.8) is 0 Å². The van der Waals surface area contributed by atoms with Crippen LogP contribution in [0.3, 0.4) is 0 Å². The quantitative estimate of drug-likeness (QED) is 0.424. The van der Waals surface area contributed by atoms with Gasteiger partial charge >= 0.3 is 11.9 Å². The second-order valence-corrected chi connectivity index (χ2v) is 6.37. The molecular formula is C17H29NO4. The minimum atomic E-state index is -0.547. The number of carbonyl (C=O) groups excluding carboxylic acids is 2. The van der Waals surface area contributed by atoms with Crippen LogP contribution >= 0.6 is 0 Å². The van der Waals surface area contributed by atoms with E-state index in [-0.39, 0.29) is 12.0 Å². The molecule has 0 atom stereocenters. The molecular weight excluding hydrogens is 282 g/mol. The van der Waals surface area contributed by atoms with Gasteiger partial charge in [0.15, 0.2) is 0 Å². The van der Waals surface area contributed by atoms with Crippen molar-refractivity contribution in [1.29, 1.82) is 0 Å². The van der Waals surface area contributed by atoms with Crippen molar-refractivity contribution < 1.29 is 19.1 Å². The molecule has 0 spiro atoms. The first-order valence-electron chi connectivity index (χ1n) is 8.14. The van der Waals surface area contributed by atoms with E-state index in [2.05, 4.69) is 11.9 Å². The van der Waals surface area contributed by atoms with Gasteiger partial charge in [0, 0.05) is 11.5 Å². The molecule has 126 valence electrons. The van der Waals surface area contributed by atoms with Gasteiger partial charge in [-0.25, -0.2) is 4.79 Å². The minimum absolute atomic E-state index is 0.106. The van der Waals surface area contributed by atoms with E-state index in [9.17, 15) is 9.59 Å². The maximum absolute atomic E-state index is 12.1. The Morgan fingerprint density at radius 3 is 2.50 bits per heavy atom. The number of rotatable bonds is 8. The lowest BCUT2D eigenvalue weighted by Gasteiger charge is -2.36. The van der Waals surface area contributed by atoms with E-state index < -0.39 is 17.5 Å². The van der Waals surface area contributed by atoms with Gasteiger partial charge in [-0.2, -0.15) is 0 Å². The Bertz CT molecular complexity index is 397. The highest BCUT2D eigenvalue weighted by atomic mass is 16.6. The number of carbonyl (C=O) groups is 2. The topological polar surface area (TPSA) is 64.6 Å². The Balaban J connectivity index is 2.42. The van der Waals surface area contributed by atoms with Crippen LogP contribution in [0.1, 0.15) is 52.9 Å². The SMILES string of the molecule is C=C(CC(=O)OCCCC)C(=O)OC(C)(C)C1CCNCC1. The van der Waals surface area contributed by atoms with E-state index in [4.69, 9.17) is 9.47 Å². The first-order valence-corrected chi connectivity index (χ1v) is 8.14. The van der Waals surface area contributed by atoms with Crippen LogP contribution < -0.4 is 5.32 Å². The number of esters is 2. The zero-order valence-corrected chi connectivity index (χ0v) is 14.1. The Labute approximate surface area is 133 Å². The van der Waals surface area contributed by atoms with Crippen LogP contribution in [0.5, 0.6) is 0 Å². The average molecular weight is 311 g/mol. The van der Waals surface area contributed by atoms with E-state index in [1.54, 1.807) is 0 Å². The second kappa shape index (κ2) is 8.93. The zero-order valence-electron chi connectivity index (χ0n) is 14.1. The molecule has 1 N–H and O–H groups in total. The highest BCUT2D eigenvalue weighted by Gasteiger charge is 2.34. The minimum Gasteiger partial charge on any atom is -0.465 e. The summed E-state index contributed by atoms with van der Waals surface area (Å²) >= 11 is 0. The summed E-state index contributed by atoms with van der Waals surface area (Å²) in [6, 6.07) is 0. The Morgan fingerprint density at radius 2 is 1.91 bits per heavy atom. The van der Waals surface area contributed by atoms with E-state index in [0.717, 1.165) is 38.8 Å². The fourth-order valence-electron chi connectivity index (χ4n) is 2.54. The molecule has 0 radical (unpaired) electrons. The highest BCUT2D eigenvalue weighted by molar-refractivity contribution is 5.93. The largest absolute Gasteiger partial charge is 0.465 e. The van der Waals surface area contributed by atoms with Crippen molar-refractivity contribution in [2.45, 2.75) is 58.5 Å². The number of ether oxygens (including phenoxy) is 2. The van der Waals surface area contributed by atoms with Gasteiger partial charge in [0.05, 0.1) is 13.0 Å². The van der Waals surface area contributed by atoms with E-state index in [1.807, 2.05) is 20.8 Å². The van der Waals surface area contributed by atoms with Crippen molar-refractivity contribution in [3.8, 4) is 0 Å². The van der Waals surface area contributed by atoms with Crippen LogP contribution in [0.25, 0.3) is 0 Å². The Morgan fingerprint density at radius 1 is 1.27 bits per heavy atom. The van der Waals surface area contributed by atoms with Gasteiger partial charge in [-0.1, -0.05) is 19.9 Å². The van der Waals surface area contributed by atoms with Crippen LogP contribution in [-0.4, -0.2) is 37.2 Å². The fourth-order valence-corrected chi connectivity index (χ4v) is 2.54. The van der Waals surface area contributed by atoms with Gasteiger partial charge in [-0.05, 0) is 46.2 Å². The smallest absolute Gasteiger partial charge is 0.334 e. The van der Waals surface area contributed by atoms with Crippen molar-refractivity contribution >= 4 is 11.9 Å². The average Bonchev–Trinajstić information content (AvgIpc) is 2.48. The summed E-state index contributed by atoms with van der Waals surface area (Å²) in [5, 5.41) is 3.29. The van der Waals surface area contributed by atoms with Gasteiger partial charge in [0.2, 0.25) is 0 Å². The highest BCUT2D eigenvalue weighted by Crippen LogP contribution is 2.29. The zero-order chi connectivity index (χ0) is 16.6. The first kappa shape index (κ1) is 18.7. The predicted molar refractivity (Wildman–Crippen MR) is 85.4 cm³/mol. The summed E-state index contributed by atoms with van der Waals surface area (Å²) in [7, 11) is 0.